The third-order valence-electron chi connectivity index (χ3n) is 4.19. The molecule has 10 heteroatoms. The van der Waals surface area contributed by atoms with E-state index >= 15 is 0 Å². The molecule has 0 aromatic carbocycles. The van der Waals surface area contributed by atoms with Crippen LogP contribution in [0, 0.1) is 3.70 Å². The van der Waals surface area contributed by atoms with Gasteiger partial charge in [0.1, 0.15) is 15.1 Å². The molecular formula is C16H20F2IN5O2. The van der Waals surface area contributed by atoms with Crippen LogP contribution in [0.4, 0.5) is 19.4 Å². The zero-order valence-electron chi connectivity index (χ0n) is 14.6. The van der Waals surface area contributed by atoms with Crippen LogP contribution in [0.15, 0.2) is 12.3 Å². The van der Waals surface area contributed by atoms with Crippen LogP contribution in [-0.4, -0.2) is 50.4 Å². The van der Waals surface area contributed by atoms with Gasteiger partial charge in [0.15, 0.2) is 0 Å². The Morgan fingerprint density at radius 1 is 1.46 bits per heavy atom. The number of aromatic nitrogens is 3. The van der Waals surface area contributed by atoms with E-state index in [1.54, 1.807) is 37.7 Å². The van der Waals surface area contributed by atoms with Crippen LogP contribution in [0.3, 0.4) is 0 Å². The van der Waals surface area contributed by atoms with Gasteiger partial charge in [0.25, 0.3) is 6.43 Å². The van der Waals surface area contributed by atoms with Crippen molar-refractivity contribution in [3.05, 3.63) is 16.0 Å². The number of ether oxygens (including phenoxy) is 1. The number of likely N-dealkylation sites (tertiary alicyclic amines) is 1. The lowest BCUT2D eigenvalue weighted by Crippen LogP contribution is -2.42. The monoisotopic (exact) mass is 479 g/mol. The second-order valence-corrected chi connectivity index (χ2v) is 8.27. The number of carbonyl (C=O) groups is 1. The molecule has 3 heterocycles. The number of hydrogen-bond donors (Lipinski definition) is 1. The normalized spacial score (nSPS) is 21.0. The van der Waals surface area contributed by atoms with Gasteiger partial charge in [-0.2, -0.15) is 5.10 Å². The SMILES string of the molecule is CC(C)(C)OC(=O)N1CC(n2nc(I)c3c(N)nccc32)C[C@@H]1C(F)F. The summed E-state index contributed by atoms with van der Waals surface area (Å²) in [4.78, 5) is 17.5. The lowest BCUT2D eigenvalue weighted by Gasteiger charge is -2.28. The first-order valence-electron chi connectivity index (χ1n) is 8.14. The number of nitrogens with zero attached hydrogens (tertiary/aromatic N) is 4. The molecular weight excluding hydrogens is 459 g/mol. The molecule has 0 radical (unpaired) electrons. The van der Waals surface area contributed by atoms with Gasteiger partial charge in [-0.05, 0) is 55.8 Å². The summed E-state index contributed by atoms with van der Waals surface area (Å²) >= 11 is 2.04. The van der Waals surface area contributed by atoms with Crippen molar-refractivity contribution in [1.29, 1.82) is 0 Å². The van der Waals surface area contributed by atoms with E-state index in [1.807, 2.05) is 22.6 Å². The number of amides is 1. The molecule has 0 bridgehead atoms. The molecule has 1 aliphatic rings. The number of nitrogen functional groups attached to an aromatic ring is 1. The predicted molar refractivity (Wildman–Crippen MR) is 101 cm³/mol. The maximum absolute atomic E-state index is 13.5. The molecule has 26 heavy (non-hydrogen) atoms. The summed E-state index contributed by atoms with van der Waals surface area (Å²) in [6, 6.07) is 0.134. The molecule has 142 valence electrons. The minimum absolute atomic E-state index is 0.0893. The Morgan fingerprint density at radius 2 is 2.15 bits per heavy atom. The van der Waals surface area contributed by atoms with Crippen LogP contribution in [0.5, 0.6) is 0 Å². The summed E-state index contributed by atoms with van der Waals surface area (Å²) in [6.45, 7) is 5.21. The van der Waals surface area contributed by atoms with Gasteiger partial charge in [0, 0.05) is 12.7 Å². The smallest absolute Gasteiger partial charge is 0.410 e. The van der Waals surface area contributed by atoms with Crippen molar-refractivity contribution >= 4 is 45.4 Å². The number of halogens is 3. The van der Waals surface area contributed by atoms with Gasteiger partial charge in [-0.3, -0.25) is 9.58 Å². The van der Waals surface area contributed by atoms with Crippen LogP contribution in [0.2, 0.25) is 0 Å². The van der Waals surface area contributed by atoms with Crippen molar-refractivity contribution in [3.63, 3.8) is 0 Å². The Morgan fingerprint density at radius 3 is 2.77 bits per heavy atom. The molecule has 2 aromatic rings. The van der Waals surface area contributed by atoms with Gasteiger partial charge in [-0.25, -0.2) is 18.6 Å². The fourth-order valence-electron chi connectivity index (χ4n) is 3.14. The molecule has 0 aliphatic carbocycles. The van der Waals surface area contributed by atoms with Crippen molar-refractivity contribution in [3.8, 4) is 0 Å². The number of nitrogens with two attached hydrogens (primary N) is 1. The highest BCUT2D eigenvalue weighted by molar-refractivity contribution is 14.1. The van der Waals surface area contributed by atoms with Crippen LogP contribution >= 0.6 is 22.6 Å². The number of rotatable bonds is 2. The van der Waals surface area contributed by atoms with Crippen LogP contribution in [0.1, 0.15) is 33.2 Å². The number of carbonyl (C=O) groups excluding carboxylic acids is 1. The molecule has 1 unspecified atom stereocenters. The first kappa shape index (κ1) is 19.1. The van der Waals surface area contributed by atoms with Crippen molar-refractivity contribution in [2.24, 2.45) is 0 Å². The van der Waals surface area contributed by atoms with Crippen molar-refractivity contribution in [2.45, 2.75) is 51.3 Å². The summed E-state index contributed by atoms with van der Waals surface area (Å²) in [6.07, 6.45) is -1.76. The van der Waals surface area contributed by atoms with E-state index < -0.39 is 30.2 Å². The zero-order chi connectivity index (χ0) is 19.2. The Labute approximate surface area is 163 Å². The minimum Gasteiger partial charge on any atom is -0.444 e. The van der Waals surface area contributed by atoms with Gasteiger partial charge in [-0.1, -0.05) is 0 Å². The van der Waals surface area contributed by atoms with Crippen LogP contribution in [0.25, 0.3) is 10.9 Å². The topological polar surface area (TPSA) is 86.3 Å². The zero-order valence-corrected chi connectivity index (χ0v) is 16.8. The third kappa shape index (κ3) is 3.55. The van der Waals surface area contributed by atoms with Crippen LogP contribution in [-0.2, 0) is 4.74 Å². The van der Waals surface area contributed by atoms with Gasteiger partial charge < -0.3 is 10.5 Å². The highest BCUT2D eigenvalue weighted by Crippen LogP contribution is 2.35. The highest BCUT2D eigenvalue weighted by atomic mass is 127. The van der Waals surface area contributed by atoms with Crippen molar-refractivity contribution in [2.75, 3.05) is 12.3 Å². The molecule has 1 amide bonds. The molecule has 0 spiro atoms. The van der Waals surface area contributed by atoms with Crippen LogP contribution < -0.4 is 5.73 Å². The first-order valence-corrected chi connectivity index (χ1v) is 9.22. The van der Waals surface area contributed by atoms with E-state index in [4.69, 9.17) is 10.5 Å². The molecule has 2 aromatic heterocycles. The van der Waals surface area contributed by atoms with E-state index in [1.165, 1.54) is 0 Å². The second-order valence-electron chi connectivity index (χ2n) is 7.25. The lowest BCUT2D eigenvalue weighted by atomic mass is 10.1. The molecule has 1 aliphatic heterocycles. The summed E-state index contributed by atoms with van der Waals surface area (Å²) < 4.78 is 34.7. The summed E-state index contributed by atoms with van der Waals surface area (Å²) in [7, 11) is 0. The summed E-state index contributed by atoms with van der Waals surface area (Å²) in [5, 5.41) is 5.15. The van der Waals surface area contributed by atoms with Crippen molar-refractivity contribution in [1.82, 2.24) is 19.7 Å². The molecule has 3 rings (SSSR count). The molecule has 7 nitrogen and oxygen atoms in total. The Kier molecular flexibility index (Phi) is 4.97. The lowest BCUT2D eigenvalue weighted by molar-refractivity contribution is -0.00232. The fraction of sp³-hybridized carbons (Fsp3) is 0.562. The molecule has 1 fully saturated rings. The first-order chi connectivity index (χ1) is 12.1. The molecule has 0 saturated carbocycles. The number of alkyl halides is 2. The predicted octanol–water partition coefficient (Wildman–Crippen LogP) is 3.43. The molecule has 2 N–H and O–H groups in total. The van der Waals surface area contributed by atoms with E-state index in [-0.39, 0.29) is 13.0 Å². The largest absolute Gasteiger partial charge is 0.444 e. The van der Waals surface area contributed by atoms with Gasteiger partial charge in [0.2, 0.25) is 0 Å². The average Bonchev–Trinajstić information content (AvgIpc) is 3.08. The third-order valence-corrected chi connectivity index (χ3v) is 4.95. The second kappa shape index (κ2) is 6.78. The number of hydrogen-bond acceptors (Lipinski definition) is 5. The van der Waals surface area contributed by atoms with E-state index in [2.05, 4.69) is 10.1 Å². The number of fused-ring (bicyclic) bond motifs is 1. The van der Waals surface area contributed by atoms with E-state index in [0.717, 1.165) is 4.90 Å². The Hall–Kier alpha value is -1.72. The summed E-state index contributed by atoms with van der Waals surface area (Å²) in [5.41, 5.74) is 5.88. The quantitative estimate of drug-likeness (QED) is 0.668. The van der Waals surface area contributed by atoms with Gasteiger partial charge in [0.05, 0.1) is 23.0 Å². The van der Waals surface area contributed by atoms with Gasteiger partial charge in [-0.15, -0.1) is 0 Å². The van der Waals surface area contributed by atoms with Crippen molar-refractivity contribution < 1.29 is 18.3 Å². The molecule has 1 saturated heterocycles. The number of pyridine rings is 1. The van der Waals surface area contributed by atoms with E-state index in [0.29, 0.717) is 20.4 Å². The molecule has 2 atom stereocenters. The van der Waals surface area contributed by atoms with E-state index in [9.17, 15) is 13.6 Å². The summed E-state index contributed by atoms with van der Waals surface area (Å²) in [5.74, 6) is 0.338. The standard InChI is InChI=1S/C16H20F2IN5O2/c1-16(2,3)26-15(25)23-7-8(6-10(23)12(17)18)24-9-4-5-21-14(20)11(9)13(19)22-24/h4-5,8,10,12H,6-7H2,1-3H3,(H2,20,21)/t8?,10-/m1/s1. The highest BCUT2D eigenvalue weighted by Gasteiger charge is 2.43. The Bertz CT molecular complexity index is 836. The number of anilines is 1. The fourth-order valence-corrected chi connectivity index (χ4v) is 3.92. The maximum atomic E-state index is 13.5. The Balaban J connectivity index is 1.94. The minimum atomic E-state index is -2.67. The van der Waals surface area contributed by atoms with Gasteiger partial charge >= 0.3 is 6.09 Å². The average molecular weight is 479 g/mol. The maximum Gasteiger partial charge on any atom is 0.410 e.